The number of amides is 1. The van der Waals surface area contributed by atoms with Gasteiger partial charge in [0.15, 0.2) is 24.2 Å². The zero-order valence-electron chi connectivity index (χ0n) is 17.6. The highest BCUT2D eigenvalue weighted by Gasteiger charge is 2.23. The minimum absolute atomic E-state index is 0.0481. The van der Waals surface area contributed by atoms with E-state index in [-0.39, 0.29) is 19.1 Å². The van der Waals surface area contributed by atoms with Crippen LogP contribution in [0.3, 0.4) is 0 Å². The summed E-state index contributed by atoms with van der Waals surface area (Å²) in [6, 6.07) is 13.5. The topological polar surface area (TPSA) is 80.6 Å². The van der Waals surface area contributed by atoms with Gasteiger partial charge >= 0.3 is 0 Å². The number of aryl methyl sites for hydroxylation is 2. The number of nitriles is 1. The third-order valence-corrected chi connectivity index (χ3v) is 5.23. The SMILES string of the molecule is C#CCOC(C(=O)NCCc1ccc(OCC#N)c(OC)c1)c1ccc2c(c1)CCC2. The maximum absolute atomic E-state index is 12.9. The molecule has 6 nitrogen and oxygen atoms in total. The van der Waals surface area contributed by atoms with Crippen molar-refractivity contribution >= 4 is 5.91 Å². The van der Waals surface area contributed by atoms with E-state index in [1.165, 1.54) is 11.1 Å². The highest BCUT2D eigenvalue weighted by molar-refractivity contribution is 5.82. The minimum atomic E-state index is -0.738. The molecular weight excluding hydrogens is 392 g/mol. The van der Waals surface area contributed by atoms with Crippen LogP contribution >= 0.6 is 0 Å². The van der Waals surface area contributed by atoms with Crippen LogP contribution in [0.4, 0.5) is 0 Å². The fourth-order valence-corrected chi connectivity index (χ4v) is 3.73. The van der Waals surface area contributed by atoms with Crippen molar-refractivity contribution in [1.82, 2.24) is 5.32 Å². The summed E-state index contributed by atoms with van der Waals surface area (Å²) in [5, 5.41) is 11.6. The third kappa shape index (κ3) is 5.78. The summed E-state index contributed by atoms with van der Waals surface area (Å²) >= 11 is 0. The minimum Gasteiger partial charge on any atom is -0.493 e. The molecule has 1 N–H and O–H groups in total. The number of carbonyl (C=O) groups excluding carboxylic acids is 1. The van der Waals surface area contributed by atoms with E-state index in [1.807, 2.05) is 24.3 Å². The second-order valence-corrected chi connectivity index (χ2v) is 7.25. The zero-order valence-corrected chi connectivity index (χ0v) is 17.6. The first-order valence-electron chi connectivity index (χ1n) is 10.3. The average molecular weight is 418 g/mol. The van der Waals surface area contributed by atoms with Crippen molar-refractivity contribution in [2.45, 2.75) is 31.8 Å². The molecule has 2 aromatic rings. The molecule has 0 radical (unpaired) electrons. The van der Waals surface area contributed by atoms with E-state index in [9.17, 15) is 4.79 Å². The second-order valence-electron chi connectivity index (χ2n) is 7.25. The summed E-state index contributed by atoms with van der Waals surface area (Å²) in [5.41, 5.74) is 4.43. The maximum Gasteiger partial charge on any atom is 0.253 e. The molecule has 0 aliphatic heterocycles. The van der Waals surface area contributed by atoms with Crippen LogP contribution in [0.2, 0.25) is 0 Å². The number of terminal acetylenes is 1. The molecule has 31 heavy (non-hydrogen) atoms. The highest BCUT2D eigenvalue weighted by Crippen LogP contribution is 2.29. The van der Waals surface area contributed by atoms with E-state index in [0.717, 1.165) is 30.4 Å². The van der Waals surface area contributed by atoms with Crippen LogP contribution in [0.5, 0.6) is 11.5 Å². The fraction of sp³-hybridized carbons (Fsp3) is 0.360. The van der Waals surface area contributed by atoms with Gasteiger partial charge in [0.05, 0.1) is 7.11 Å². The molecule has 1 unspecified atom stereocenters. The van der Waals surface area contributed by atoms with Gasteiger partial charge in [0, 0.05) is 6.54 Å². The summed E-state index contributed by atoms with van der Waals surface area (Å²) < 4.78 is 16.3. The number of carbonyl (C=O) groups is 1. The van der Waals surface area contributed by atoms with E-state index in [1.54, 1.807) is 13.2 Å². The average Bonchev–Trinajstić information content (AvgIpc) is 3.26. The van der Waals surface area contributed by atoms with Gasteiger partial charge < -0.3 is 19.5 Å². The number of nitrogens with zero attached hydrogens (tertiary/aromatic N) is 1. The molecule has 3 rings (SSSR count). The Morgan fingerprint density at radius 1 is 1.16 bits per heavy atom. The normalized spacial score (nSPS) is 12.9. The Kier molecular flexibility index (Phi) is 7.92. The first kappa shape index (κ1) is 22.2. The maximum atomic E-state index is 12.9. The van der Waals surface area contributed by atoms with Gasteiger partial charge in [-0.25, -0.2) is 0 Å². The number of methoxy groups -OCH3 is 1. The first-order valence-corrected chi connectivity index (χ1v) is 10.3. The van der Waals surface area contributed by atoms with E-state index in [2.05, 4.69) is 23.4 Å². The molecule has 0 aromatic heterocycles. The lowest BCUT2D eigenvalue weighted by Gasteiger charge is -2.18. The molecule has 1 aliphatic rings. The smallest absolute Gasteiger partial charge is 0.253 e. The summed E-state index contributed by atoms with van der Waals surface area (Å²) in [7, 11) is 1.55. The Morgan fingerprint density at radius 3 is 2.77 bits per heavy atom. The van der Waals surface area contributed by atoms with E-state index < -0.39 is 6.10 Å². The number of nitrogens with one attached hydrogen (secondary N) is 1. The Morgan fingerprint density at radius 2 is 2.00 bits per heavy atom. The number of hydrogen-bond acceptors (Lipinski definition) is 5. The highest BCUT2D eigenvalue weighted by atomic mass is 16.5. The lowest BCUT2D eigenvalue weighted by atomic mass is 10.0. The molecule has 0 fully saturated rings. The van der Waals surface area contributed by atoms with Crippen LogP contribution in [-0.4, -0.2) is 32.8 Å². The van der Waals surface area contributed by atoms with Crippen LogP contribution < -0.4 is 14.8 Å². The van der Waals surface area contributed by atoms with Gasteiger partial charge in [0.1, 0.15) is 12.7 Å². The Balaban J connectivity index is 1.62. The van der Waals surface area contributed by atoms with E-state index in [0.29, 0.717) is 24.5 Å². The van der Waals surface area contributed by atoms with Crippen molar-refractivity contribution < 1.29 is 19.0 Å². The van der Waals surface area contributed by atoms with Gasteiger partial charge in [-0.05, 0) is 60.1 Å². The number of fused-ring (bicyclic) bond motifs is 1. The molecule has 2 aromatic carbocycles. The predicted molar refractivity (Wildman–Crippen MR) is 117 cm³/mol. The van der Waals surface area contributed by atoms with Crippen LogP contribution in [0, 0.1) is 23.7 Å². The largest absolute Gasteiger partial charge is 0.493 e. The molecule has 0 spiro atoms. The van der Waals surface area contributed by atoms with Gasteiger partial charge in [-0.2, -0.15) is 5.26 Å². The fourth-order valence-electron chi connectivity index (χ4n) is 3.73. The van der Waals surface area contributed by atoms with Gasteiger partial charge in [0.25, 0.3) is 5.91 Å². The van der Waals surface area contributed by atoms with Crippen LogP contribution in [0.15, 0.2) is 36.4 Å². The first-order chi connectivity index (χ1) is 15.2. The van der Waals surface area contributed by atoms with Gasteiger partial charge in [-0.3, -0.25) is 4.79 Å². The van der Waals surface area contributed by atoms with Gasteiger partial charge in [-0.1, -0.05) is 30.2 Å². The molecule has 0 saturated carbocycles. The second kappa shape index (κ2) is 11.1. The van der Waals surface area contributed by atoms with E-state index >= 15 is 0 Å². The summed E-state index contributed by atoms with van der Waals surface area (Å²) in [4.78, 5) is 12.9. The lowest BCUT2D eigenvalue weighted by molar-refractivity contribution is -0.132. The summed E-state index contributed by atoms with van der Waals surface area (Å²) in [6.07, 6.45) is 8.47. The molecule has 1 atom stereocenters. The van der Waals surface area contributed by atoms with Gasteiger partial charge in [0.2, 0.25) is 0 Å². The van der Waals surface area contributed by atoms with Crippen LogP contribution in [0.25, 0.3) is 0 Å². The van der Waals surface area contributed by atoms with Crippen molar-refractivity contribution in [3.8, 4) is 29.9 Å². The van der Waals surface area contributed by atoms with Crippen LogP contribution in [-0.2, 0) is 28.8 Å². The van der Waals surface area contributed by atoms with Gasteiger partial charge in [-0.15, -0.1) is 6.42 Å². The molecule has 6 heteroatoms. The van der Waals surface area contributed by atoms with Crippen molar-refractivity contribution in [2.75, 3.05) is 26.9 Å². The van der Waals surface area contributed by atoms with Crippen molar-refractivity contribution in [1.29, 1.82) is 5.26 Å². The zero-order chi connectivity index (χ0) is 22.1. The quantitative estimate of drug-likeness (QED) is 0.600. The summed E-state index contributed by atoms with van der Waals surface area (Å²) in [6.45, 7) is 0.450. The molecule has 1 aliphatic carbocycles. The number of hydrogen-bond donors (Lipinski definition) is 1. The Labute approximate surface area is 183 Å². The molecule has 1 amide bonds. The van der Waals surface area contributed by atoms with Crippen molar-refractivity contribution in [3.05, 3.63) is 58.7 Å². The molecular formula is C25H26N2O4. The standard InChI is InChI=1S/C25H26N2O4/c1-3-14-31-24(21-9-8-19-5-4-6-20(19)17-21)25(28)27-13-11-18-7-10-22(30-15-12-26)23(16-18)29-2/h1,7-10,16-17,24H,4-6,11,13-15H2,2H3,(H,27,28). The van der Waals surface area contributed by atoms with E-state index in [4.69, 9.17) is 25.9 Å². The lowest BCUT2D eigenvalue weighted by Crippen LogP contribution is -2.32. The van der Waals surface area contributed by atoms with Crippen LogP contribution in [0.1, 0.15) is 34.8 Å². The molecule has 160 valence electrons. The monoisotopic (exact) mass is 418 g/mol. The molecule has 0 saturated heterocycles. The number of rotatable bonds is 10. The van der Waals surface area contributed by atoms with Crippen molar-refractivity contribution in [2.24, 2.45) is 0 Å². The number of ether oxygens (including phenoxy) is 3. The Hall–Kier alpha value is -3.48. The Bertz CT molecular complexity index is 1000. The number of benzene rings is 2. The van der Waals surface area contributed by atoms with Crippen molar-refractivity contribution in [3.63, 3.8) is 0 Å². The molecule has 0 bridgehead atoms. The molecule has 0 heterocycles. The predicted octanol–water partition coefficient (Wildman–Crippen LogP) is 3.14. The third-order valence-electron chi connectivity index (χ3n) is 5.23. The summed E-state index contributed by atoms with van der Waals surface area (Å²) in [5.74, 6) is 3.29.